The minimum Gasteiger partial charge on any atom is -0.494 e. The van der Waals surface area contributed by atoms with Gasteiger partial charge in [-0.2, -0.15) is 0 Å². The molecule has 2 aromatic rings. The van der Waals surface area contributed by atoms with Crippen molar-refractivity contribution in [2.45, 2.75) is 30.6 Å². The average Bonchev–Trinajstić information content (AvgIpc) is 2.52. The number of aryl methyl sites for hydroxylation is 1. The van der Waals surface area contributed by atoms with Crippen LogP contribution in [0.3, 0.4) is 0 Å². The normalized spacial score (nSPS) is 10.4. The highest BCUT2D eigenvalue weighted by molar-refractivity contribution is 7.99. The molecule has 1 N–H and O–H groups in total. The molecule has 5 heteroatoms. The van der Waals surface area contributed by atoms with E-state index in [4.69, 9.17) is 9.47 Å². The van der Waals surface area contributed by atoms with Crippen molar-refractivity contribution >= 4 is 17.7 Å². The lowest BCUT2D eigenvalue weighted by atomic mass is 10.2. The van der Waals surface area contributed by atoms with E-state index in [9.17, 15) is 9.90 Å². The largest absolute Gasteiger partial charge is 0.494 e. The van der Waals surface area contributed by atoms with E-state index in [0.717, 1.165) is 22.0 Å². The molecule has 122 valence electrons. The lowest BCUT2D eigenvalue weighted by molar-refractivity contribution is 0.0693. The van der Waals surface area contributed by atoms with E-state index in [2.05, 4.69) is 0 Å². The zero-order valence-corrected chi connectivity index (χ0v) is 14.3. The predicted octanol–water partition coefficient (Wildman–Crippen LogP) is 4.64. The van der Waals surface area contributed by atoms with Gasteiger partial charge in [-0.3, -0.25) is 0 Å². The molecule has 0 heterocycles. The molecule has 4 nitrogen and oxygen atoms in total. The standard InChI is InChI=1S/C18H20O4S/c1-4-21-14-11-17(15(22-5-2)10-12(14)3)23-16-9-7-6-8-13(16)18(19)20/h6-11H,4-5H2,1-3H3,(H,19,20). The Bertz CT molecular complexity index is 697. The molecule has 0 aliphatic carbocycles. The van der Waals surface area contributed by atoms with Crippen molar-refractivity contribution in [1.29, 1.82) is 0 Å². The number of hydrogen-bond donors (Lipinski definition) is 1. The first kappa shape index (κ1) is 17.2. The van der Waals surface area contributed by atoms with Crippen LogP contribution in [0.4, 0.5) is 0 Å². The molecule has 0 aromatic heterocycles. The maximum Gasteiger partial charge on any atom is 0.336 e. The molecule has 0 atom stereocenters. The van der Waals surface area contributed by atoms with Gasteiger partial charge in [-0.1, -0.05) is 23.9 Å². The van der Waals surface area contributed by atoms with Crippen molar-refractivity contribution in [3.05, 3.63) is 47.5 Å². The Morgan fingerprint density at radius 2 is 1.70 bits per heavy atom. The number of carbonyl (C=O) groups is 1. The maximum absolute atomic E-state index is 11.4. The summed E-state index contributed by atoms with van der Waals surface area (Å²) >= 11 is 1.37. The second-order valence-corrected chi connectivity index (χ2v) is 5.92. The Kier molecular flexibility index (Phi) is 5.93. The van der Waals surface area contributed by atoms with Crippen molar-refractivity contribution in [3.63, 3.8) is 0 Å². The number of aromatic carboxylic acids is 1. The molecule has 23 heavy (non-hydrogen) atoms. The van der Waals surface area contributed by atoms with Crippen LogP contribution in [0.25, 0.3) is 0 Å². The molecule has 0 aliphatic rings. The van der Waals surface area contributed by atoms with Gasteiger partial charge in [0.1, 0.15) is 11.5 Å². The quantitative estimate of drug-likeness (QED) is 0.800. The maximum atomic E-state index is 11.4. The van der Waals surface area contributed by atoms with Crippen molar-refractivity contribution in [3.8, 4) is 11.5 Å². The Morgan fingerprint density at radius 1 is 1.04 bits per heavy atom. The zero-order valence-electron chi connectivity index (χ0n) is 13.5. The first-order valence-electron chi connectivity index (χ1n) is 7.47. The van der Waals surface area contributed by atoms with Crippen LogP contribution >= 0.6 is 11.8 Å². The highest BCUT2D eigenvalue weighted by atomic mass is 32.2. The van der Waals surface area contributed by atoms with Crippen LogP contribution in [0, 0.1) is 6.92 Å². The van der Waals surface area contributed by atoms with Gasteiger partial charge < -0.3 is 14.6 Å². The van der Waals surface area contributed by atoms with Gasteiger partial charge in [0.05, 0.1) is 23.7 Å². The Morgan fingerprint density at radius 3 is 2.35 bits per heavy atom. The van der Waals surface area contributed by atoms with E-state index in [0.29, 0.717) is 18.1 Å². The molecular formula is C18H20O4S. The molecule has 0 saturated carbocycles. The van der Waals surface area contributed by atoms with Crippen LogP contribution in [0.15, 0.2) is 46.2 Å². The molecule has 0 fully saturated rings. The fourth-order valence-electron chi connectivity index (χ4n) is 2.15. The third kappa shape index (κ3) is 4.20. The van der Waals surface area contributed by atoms with Gasteiger partial charge in [-0.25, -0.2) is 4.79 Å². The van der Waals surface area contributed by atoms with Crippen LogP contribution < -0.4 is 9.47 Å². The van der Waals surface area contributed by atoms with E-state index in [1.54, 1.807) is 18.2 Å². The average molecular weight is 332 g/mol. The van der Waals surface area contributed by atoms with Crippen molar-refractivity contribution < 1.29 is 19.4 Å². The van der Waals surface area contributed by atoms with E-state index >= 15 is 0 Å². The number of rotatable bonds is 7. The Labute approximate surface area is 140 Å². The summed E-state index contributed by atoms with van der Waals surface area (Å²) in [6, 6.07) is 10.8. The number of carboxylic acid groups (broad SMARTS) is 1. The molecule has 2 rings (SSSR count). The SMILES string of the molecule is CCOc1cc(Sc2ccccc2C(=O)O)c(OCC)cc1C. The fourth-order valence-corrected chi connectivity index (χ4v) is 3.19. The summed E-state index contributed by atoms with van der Waals surface area (Å²) in [5, 5.41) is 9.33. The summed E-state index contributed by atoms with van der Waals surface area (Å²) in [5.74, 6) is 0.577. The monoisotopic (exact) mass is 332 g/mol. The number of ether oxygens (including phenoxy) is 2. The smallest absolute Gasteiger partial charge is 0.336 e. The number of carboxylic acids is 1. The van der Waals surface area contributed by atoms with Crippen LogP contribution in [0.5, 0.6) is 11.5 Å². The van der Waals surface area contributed by atoms with Crippen molar-refractivity contribution in [2.75, 3.05) is 13.2 Å². The molecular weight excluding hydrogens is 312 g/mol. The Balaban J connectivity index is 2.45. The topological polar surface area (TPSA) is 55.8 Å². The van der Waals surface area contributed by atoms with Crippen molar-refractivity contribution in [1.82, 2.24) is 0 Å². The molecule has 0 aliphatic heterocycles. The van der Waals surface area contributed by atoms with Crippen LogP contribution in [-0.2, 0) is 0 Å². The van der Waals surface area contributed by atoms with Gasteiger partial charge in [0.2, 0.25) is 0 Å². The number of hydrogen-bond acceptors (Lipinski definition) is 4. The summed E-state index contributed by atoms with van der Waals surface area (Å²) in [6.07, 6.45) is 0. The number of benzene rings is 2. The summed E-state index contributed by atoms with van der Waals surface area (Å²) in [5.41, 5.74) is 1.27. The third-order valence-corrected chi connectivity index (χ3v) is 4.29. The van der Waals surface area contributed by atoms with Gasteiger partial charge >= 0.3 is 5.97 Å². The second-order valence-electron chi connectivity index (χ2n) is 4.83. The van der Waals surface area contributed by atoms with Gasteiger partial charge in [-0.15, -0.1) is 0 Å². The summed E-state index contributed by atoms with van der Waals surface area (Å²) < 4.78 is 11.3. The highest BCUT2D eigenvalue weighted by Crippen LogP contribution is 2.40. The summed E-state index contributed by atoms with van der Waals surface area (Å²) in [7, 11) is 0. The first-order valence-corrected chi connectivity index (χ1v) is 8.28. The molecule has 0 spiro atoms. The van der Waals surface area contributed by atoms with Crippen LogP contribution in [0.2, 0.25) is 0 Å². The minimum atomic E-state index is -0.941. The van der Waals surface area contributed by atoms with E-state index in [1.165, 1.54) is 11.8 Å². The summed E-state index contributed by atoms with van der Waals surface area (Å²) in [4.78, 5) is 12.9. The van der Waals surface area contributed by atoms with E-state index < -0.39 is 5.97 Å². The van der Waals surface area contributed by atoms with Crippen LogP contribution in [0.1, 0.15) is 29.8 Å². The third-order valence-electron chi connectivity index (χ3n) is 3.18. The minimum absolute atomic E-state index is 0.276. The van der Waals surface area contributed by atoms with E-state index in [1.807, 2.05) is 39.0 Å². The van der Waals surface area contributed by atoms with Gasteiger partial charge in [0, 0.05) is 4.90 Å². The summed E-state index contributed by atoms with van der Waals surface area (Å²) in [6.45, 7) is 6.94. The van der Waals surface area contributed by atoms with Crippen molar-refractivity contribution in [2.24, 2.45) is 0 Å². The zero-order chi connectivity index (χ0) is 16.8. The highest BCUT2D eigenvalue weighted by Gasteiger charge is 2.15. The molecule has 2 aromatic carbocycles. The van der Waals surface area contributed by atoms with E-state index in [-0.39, 0.29) is 5.56 Å². The molecule has 0 unspecified atom stereocenters. The lowest BCUT2D eigenvalue weighted by Gasteiger charge is -2.15. The first-order chi connectivity index (χ1) is 11.1. The van der Waals surface area contributed by atoms with Crippen LogP contribution in [-0.4, -0.2) is 24.3 Å². The molecule has 0 saturated heterocycles. The van der Waals surface area contributed by atoms with Gasteiger partial charge in [-0.05, 0) is 50.6 Å². The predicted molar refractivity (Wildman–Crippen MR) is 91.0 cm³/mol. The second kappa shape index (κ2) is 7.92. The molecule has 0 bridgehead atoms. The van der Waals surface area contributed by atoms with Gasteiger partial charge in [0.15, 0.2) is 0 Å². The Hall–Kier alpha value is -2.14. The lowest BCUT2D eigenvalue weighted by Crippen LogP contribution is -2.00. The van der Waals surface area contributed by atoms with Gasteiger partial charge in [0.25, 0.3) is 0 Å². The molecule has 0 radical (unpaired) electrons. The molecule has 0 amide bonds. The fraction of sp³-hybridized carbons (Fsp3) is 0.278.